The zero-order valence-electron chi connectivity index (χ0n) is 11.6. The summed E-state index contributed by atoms with van der Waals surface area (Å²) < 4.78 is 0.760. The molecule has 0 spiro atoms. The number of carbonyl (C=O) groups is 1. The van der Waals surface area contributed by atoms with Gasteiger partial charge in [0.2, 0.25) is 0 Å². The minimum absolute atomic E-state index is 0.0797. The lowest BCUT2D eigenvalue weighted by Gasteiger charge is -2.35. The summed E-state index contributed by atoms with van der Waals surface area (Å²) in [5, 5.41) is 2.75. The topological polar surface area (TPSA) is 20.3 Å². The quantitative estimate of drug-likeness (QED) is 0.687. The maximum absolute atomic E-state index is 12.8. The van der Waals surface area contributed by atoms with Crippen molar-refractivity contribution in [1.29, 1.82) is 0 Å². The Morgan fingerprint density at radius 1 is 1.48 bits per heavy atom. The number of rotatable bonds is 2. The van der Waals surface area contributed by atoms with E-state index in [1.165, 1.54) is 10.4 Å². The van der Waals surface area contributed by atoms with E-state index in [0.29, 0.717) is 10.6 Å². The number of amides is 1. The number of carbonyl (C=O) groups excluding carboxylic acids is 1. The third kappa shape index (κ3) is 2.77. The van der Waals surface area contributed by atoms with E-state index in [9.17, 15) is 4.79 Å². The van der Waals surface area contributed by atoms with Crippen molar-refractivity contribution in [3.05, 3.63) is 55.1 Å². The molecular weight excluding hydrogens is 370 g/mol. The summed E-state index contributed by atoms with van der Waals surface area (Å²) in [5.74, 6) is 0.0797. The standard InChI is InChI=1S/C16H15BrClNOS/c1-2-14-11-6-8-21-15(11)5-7-19(14)16(20)10-3-4-13(18)12(17)9-10/h3-4,6,8-9,14H,2,5,7H2,1H3. The SMILES string of the molecule is CCC1c2ccsc2CCN1C(=O)c1ccc(Cl)c(Br)c1. The molecule has 0 N–H and O–H groups in total. The van der Waals surface area contributed by atoms with Gasteiger partial charge < -0.3 is 4.90 Å². The van der Waals surface area contributed by atoms with E-state index in [0.717, 1.165) is 23.9 Å². The maximum atomic E-state index is 12.8. The molecule has 0 aliphatic carbocycles. The summed E-state index contributed by atoms with van der Waals surface area (Å²) in [7, 11) is 0. The first-order chi connectivity index (χ1) is 10.1. The zero-order valence-corrected chi connectivity index (χ0v) is 14.8. The summed E-state index contributed by atoms with van der Waals surface area (Å²) in [6.07, 6.45) is 1.88. The second-order valence-corrected chi connectivity index (χ2v) is 7.36. The average molecular weight is 385 g/mol. The van der Waals surface area contributed by atoms with Crippen LogP contribution in [0.4, 0.5) is 0 Å². The second-order valence-electron chi connectivity index (χ2n) is 5.10. The molecule has 1 aromatic heterocycles. The largest absolute Gasteiger partial charge is 0.331 e. The lowest BCUT2D eigenvalue weighted by molar-refractivity contribution is 0.0657. The molecule has 1 aliphatic rings. The minimum atomic E-state index is 0.0797. The van der Waals surface area contributed by atoms with Gasteiger partial charge in [0.25, 0.3) is 5.91 Å². The van der Waals surface area contributed by atoms with Crippen LogP contribution in [-0.2, 0) is 6.42 Å². The highest BCUT2D eigenvalue weighted by Crippen LogP contribution is 2.36. The van der Waals surface area contributed by atoms with Gasteiger partial charge >= 0.3 is 0 Å². The first-order valence-electron chi connectivity index (χ1n) is 6.94. The number of nitrogens with zero attached hydrogens (tertiary/aromatic N) is 1. The van der Waals surface area contributed by atoms with Gasteiger partial charge in [0.05, 0.1) is 11.1 Å². The van der Waals surface area contributed by atoms with E-state index in [2.05, 4.69) is 34.3 Å². The molecule has 1 aromatic carbocycles. The minimum Gasteiger partial charge on any atom is -0.331 e. The summed E-state index contributed by atoms with van der Waals surface area (Å²) in [4.78, 5) is 16.2. The third-order valence-corrected chi connectivity index (χ3v) is 6.12. The number of benzene rings is 1. The predicted octanol–water partition coefficient (Wildman–Crippen LogP) is 5.31. The summed E-state index contributed by atoms with van der Waals surface area (Å²) in [6.45, 7) is 2.92. The maximum Gasteiger partial charge on any atom is 0.254 e. The Hall–Kier alpha value is -0.840. The van der Waals surface area contributed by atoms with Crippen LogP contribution in [0.25, 0.3) is 0 Å². The fourth-order valence-corrected chi connectivity index (χ4v) is 4.30. The number of hydrogen-bond acceptors (Lipinski definition) is 2. The lowest BCUT2D eigenvalue weighted by Crippen LogP contribution is -2.39. The van der Waals surface area contributed by atoms with Crippen molar-refractivity contribution < 1.29 is 4.79 Å². The van der Waals surface area contributed by atoms with Crippen molar-refractivity contribution >= 4 is 44.8 Å². The highest BCUT2D eigenvalue weighted by Gasteiger charge is 2.30. The number of fused-ring (bicyclic) bond motifs is 1. The normalized spacial score (nSPS) is 17.7. The van der Waals surface area contributed by atoms with E-state index >= 15 is 0 Å². The smallest absolute Gasteiger partial charge is 0.254 e. The Labute approximate surface area is 141 Å². The second kappa shape index (κ2) is 6.11. The molecule has 21 heavy (non-hydrogen) atoms. The molecule has 0 saturated heterocycles. The molecule has 110 valence electrons. The zero-order chi connectivity index (χ0) is 15.0. The van der Waals surface area contributed by atoms with Crippen molar-refractivity contribution in [3.63, 3.8) is 0 Å². The summed E-state index contributed by atoms with van der Waals surface area (Å²) in [6, 6.07) is 7.71. The molecule has 1 atom stereocenters. The molecule has 0 radical (unpaired) electrons. The molecule has 2 aromatic rings. The molecule has 0 bridgehead atoms. The van der Waals surface area contributed by atoms with E-state index in [1.54, 1.807) is 29.5 Å². The molecule has 1 aliphatic heterocycles. The highest BCUT2D eigenvalue weighted by atomic mass is 79.9. The summed E-state index contributed by atoms with van der Waals surface area (Å²) in [5.41, 5.74) is 2.00. The van der Waals surface area contributed by atoms with Crippen LogP contribution in [-0.4, -0.2) is 17.4 Å². The molecule has 0 fully saturated rings. The monoisotopic (exact) mass is 383 g/mol. The summed E-state index contributed by atoms with van der Waals surface area (Å²) >= 11 is 11.2. The van der Waals surface area contributed by atoms with E-state index in [1.807, 2.05) is 4.90 Å². The van der Waals surface area contributed by atoms with Crippen molar-refractivity contribution in [2.75, 3.05) is 6.54 Å². The highest BCUT2D eigenvalue weighted by molar-refractivity contribution is 9.10. The number of halogens is 2. The van der Waals surface area contributed by atoms with Gasteiger partial charge in [-0.05, 0) is 64.0 Å². The molecule has 5 heteroatoms. The van der Waals surface area contributed by atoms with Crippen LogP contribution in [0.1, 0.15) is 40.2 Å². The average Bonchev–Trinajstić information content (AvgIpc) is 2.96. The Kier molecular flexibility index (Phi) is 4.38. The van der Waals surface area contributed by atoms with Gasteiger partial charge in [0.15, 0.2) is 0 Å². The molecular formula is C16H15BrClNOS. The lowest BCUT2D eigenvalue weighted by atomic mass is 9.97. The Morgan fingerprint density at radius 2 is 2.29 bits per heavy atom. The van der Waals surface area contributed by atoms with Gasteiger partial charge in [-0.25, -0.2) is 0 Å². The van der Waals surface area contributed by atoms with Crippen molar-refractivity contribution in [2.24, 2.45) is 0 Å². The Balaban J connectivity index is 1.92. The van der Waals surface area contributed by atoms with Crippen molar-refractivity contribution in [3.8, 4) is 0 Å². The Morgan fingerprint density at radius 3 is 3.00 bits per heavy atom. The predicted molar refractivity (Wildman–Crippen MR) is 91.2 cm³/mol. The molecule has 2 heterocycles. The van der Waals surface area contributed by atoms with Crippen LogP contribution in [0.3, 0.4) is 0 Å². The molecule has 2 nitrogen and oxygen atoms in total. The fourth-order valence-electron chi connectivity index (χ4n) is 2.87. The van der Waals surface area contributed by atoms with Crippen LogP contribution >= 0.6 is 38.9 Å². The van der Waals surface area contributed by atoms with Gasteiger partial charge in [-0.2, -0.15) is 0 Å². The van der Waals surface area contributed by atoms with Crippen LogP contribution in [0.5, 0.6) is 0 Å². The van der Waals surface area contributed by atoms with Crippen LogP contribution in [0.2, 0.25) is 5.02 Å². The number of hydrogen-bond donors (Lipinski definition) is 0. The van der Waals surface area contributed by atoms with Gasteiger partial charge in [-0.3, -0.25) is 4.79 Å². The first-order valence-corrected chi connectivity index (χ1v) is 8.99. The van der Waals surface area contributed by atoms with Gasteiger partial charge in [-0.1, -0.05) is 18.5 Å². The van der Waals surface area contributed by atoms with Crippen molar-refractivity contribution in [1.82, 2.24) is 4.90 Å². The molecule has 0 saturated carbocycles. The van der Waals surface area contributed by atoms with Crippen molar-refractivity contribution in [2.45, 2.75) is 25.8 Å². The molecule has 1 amide bonds. The molecule has 3 rings (SSSR count). The van der Waals surface area contributed by atoms with Gasteiger partial charge in [0, 0.05) is 21.5 Å². The van der Waals surface area contributed by atoms with Gasteiger partial charge in [0.1, 0.15) is 0 Å². The molecule has 1 unspecified atom stereocenters. The third-order valence-electron chi connectivity index (χ3n) is 3.91. The van der Waals surface area contributed by atoms with E-state index in [-0.39, 0.29) is 11.9 Å². The van der Waals surface area contributed by atoms with Crippen LogP contribution in [0, 0.1) is 0 Å². The van der Waals surface area contributed by atoms with Crippen LogP contribution < -0.4 is 0 Å². The van der Waals surface area contributed by atoms with Crippen LogP contribution in [0.15, 0.2) is 34.1 Å². The van der Waals surface area contributed by atoms with Gasteiger partial charge in [-0.15, -0.1) is 11.3 Å². The van der Waals surface area contributed by atoms with E-state index < -0.39 is 0 Å². The first kappa shape index (κ1) is 15.1. The Bertz CT molecular complexity index is 685. The fraction of sp³-hybridized carbons (Fsp3) is 0.312. The number of thiophene rings is 1. The van der Waals surface area contributed by atoms with E-state index in [4.69, 9.17) is 11.6 Å².